The molecule has 0 radical (unpaired) electrons. The van der Waals surface area contributed by atoms with Crippen molar-refractivity contribution in [2.24, 2.45) is 0 Å². The molecule has 0 aliphatic heterocycles. The van der Waals surface area contributed by atoms with E-state index in [0.29, 0.717) is 29.7 Å². The number of rotatable bonds is 5. The number of urea groups is 1. The highest BCUT2D eigenvalue weighted by molar-refractivity contribution is 5.74. The number of fused-ring (bicyclic) bond motifs is 1. The molecule has 3 N–H and O–H groups in total. The van der Waals surface area contributed by atoms with Crippen molar-refractivity contribution in [2.75, 3.05) is 13.7 Å². The van der Waals surface area contributed by atoms with Crippen LogP contribution in [0.3, 0.4) is 0 Å². The Bertz CT molecular complexity index is 766. The molecule has 2 atom stereocenters. The maximum Gasteiger partial charge on any atom is 0.315 e. The smallest absolute Gasteiger partial charge is 0.315 e. The van der Waals surface area contributed by atoms with E-state index in [1.165, 1.54) is 6.07 Å². The molecule has 25 heavy (non-hydrogen) atoms. The minimum Gasteiger partial charge on any atom is -0.497 e. The topological polar surface area (TPSA) is 70.6 Å². The van der Waals surface area contributed by atoms with Gasteiger partial charge in [0.25, 0.3) is 0 Å². The Kier molecular flexibility index (Phi) is 5.19. The van der Waals surface area contributed by atoms with Crippen LogP contribution in [0.4, 0.5) is 9.18 Å². The van der Waals surface area contributed by atoms with Gasteiger partial charge in [-0.3, -0.25) is 0 Å². The highest BCUT2D eigenvalue weighted by atomic mass is 19.1. The maximum atomic E-state index is 13.7. The van der Waals surface area contributed by atoms with Gasteiger partial charge in [-0.1, -0.05) is 24.3 Å². The number of hydrogen-bond acceptors (Lipinski definition) is 3. The zero-order valence-electron chi connectivity index (χ0n) is 14.0. The molecule has 6 heteroatoms. The monoisotopic (exact) mass is 344 g/mol. The second-order valence-corrected chi connectivity index (χ2v) is 6.05. The van der Waals surface area contributed by atoms with Gasteiger partial charge in [0.05, 0.1) is 19.3 Å². The standard InChI is InChI=1S/C19H21FN2O3/c1-25-13-5-2-4-12(10-13)18(23)11-21-19(24)22-17-9-8-14-15(17)6-3-7-16(14)20/h2-7,10,17-18,23H,8-9,11H2,1H3,(H2,21,22,24). The lowest BCUT2D eigenvalue weighted by Gasteiger charge is -2.17. The van der Waals surface area contributed by atoms with Gasteiger partial charge in [0.1, 0.15) is 11.6 Å². The number of benzene rings is 2. The largest absolute Gasteiger partial charge is 0.497 e. The number of methoxy groups -OCH3 is 1. The van der Waals surface area contributed by atoms with Crippen molar-refractivity contribution < 1.29 is 19.0 Å². The van der Waals surface area contributed by atoms with Gasteiger partial charge < -0.3 is 20.5 Å². The average molecular weight is 344 g/mol. The predicted octanol–water partition coefficient (Wildman–Crippen LogP) is 2.85. The Labute approximate surface area is 145 Å². The number of aliphatic hydroxyl groups is 1. The van der Waals surface area contributed by atoms with E-state index in [2.05, 4.69) is 10.6 Å². The molecule has 5 nitrogen and oxygen atoms in total. The summed E-state index contributed by atoms with van der Waals surface area (Å²) in [6, 6.07) is 11.4. The second kappa shape index (κ2) is 7.53. The Morgan fingerprint density at radius 1 is 1.36 bits per heavy atom. The van der Waals surface area contributed by atoms with Gasteiger partial charge in [-0.25, -0.2) is 9.18 Å². The summed E-state index contributed by atoms with van der Waals surface area (Å²) >= 11 is 0. The third kappa shape index (κ3) is 3.91. The first-order valence-electron chi connectivity index (χ1n) is 8.22. The lowest BCUT2D eigenvalue weighted by Crippen LogP contribution is -2.39. The zero-order valence-corrected chi connectivity index (χ0v) is 14.0. The van der Waals surface area contributed by atoms with E-state index in [1.54, 1.807) is 37.4 Å². The third-order valence-corrected chi connectivity index (χ3v) is 4.45. The van der Waals surface area contributed by atoms with Gasteiger partial charge in [0, 0.05) is 6.54 Å². The molecule has 1 aliphatic rings. The van der Waals surface area contributed by atoms with Crippen LogP contribution in [0.25, 0.3) is 0 Å². The number of halogens is 1. The van der Waals surface area contributed by atoms with E-state index >= 15 is 0 Å². The highest BCUT2D eigenvalue weighted by Gasteiger charge is 2.26. The van der Waals surface area contributed by atoms with Crippen molar-refractivity contribution in [3.8, 4) is 5.75 Å². The van der Waals surface area contributed by atoms with E-state index < -0.39 is 6.10 Å². The Morgan fingerprint density at radius 2 is 2.16 bits per heavy atom. The fraction of sp³-hybridized carbons (Fsp3) is 0.316. The van der Waals surface area contributed by atoms with E-state index in [4.69, 9.17) is 4.74 Å². The Hall–Kier alpha value is -2.60. The molecular formula is C19H21FN2O3. The maximum absolute atomic E-state index is 13.7. The summed E-state index contributed by atoms with van der Waals surface area (Å²) in [5.41, 5.74) is 2.15. The second-order valence-electron chi connectivity index (χ2n) is 6.05. The van der Waals surface area contributed by atoms with Crippen LogP contribution < -0.4 is 15.4 Å². The van der Waals surface area contributed by atoms with Crippen LogP contribution in [0.15, 0.2) is 42.5 Å². The van der Waals surface area contributed by atoms with E-state index in [1.807, 2.05) is 6.07 Å². The zero-order chi connectivity index (χ0) is 17.8. The quantitative estimate of drug-likeness (QED) is 0.781. The molecular weight excluding hydrogens is 323 g/mol. The number of amides is 2. The van der Waals surface area contributed by atoms with E-state index in [9.17, 15) is 14.3 Å². The lowest BCUT2D eigenvalue weighted by molar-refractivity contribution is 0.172. The van der Waals surface area contributed by atoms with Gasteiger partial charge in [-0.2, -0.15) is 0 Å². The van der Waals surface area contributed by atoms with Gasteiger partial charge >= 0.3 is 6.03 Å². The van der Waals surface area contributed by atoms with Crippen molar-refractivity contribution in [2.45, 2.75) is 25.0 Å². The summed E-state index contributed by atoms with van der Waals surface area (Å²) < 4.78 is 18.9. The highest BCUT2D eigenvalue weighted by Crippen LogP contribution is 2.32. The van der Waals surface area contributed by atoms with E-state index in [0.717, 1.165) is 5.56 Å². The summed E-state index contributed by atoms with van der Waals surface area (Å²) in [4.78, 5) is 12.1. The molecule has 0 bridgehead atoms. The van der Waals surface area contributed by atoms with Crippen molar-refractivity contribution in [3.63, 3.8) is 0 Å². The van der Waals surface area contributed by atoms with Crippen molar-refractivity contribution in [3.05, 3.63) is 65.0 Å². The molecule has 3 rings (SSSR count). The Balaban J connectivity index is 1.55. The molecule has 2 aromatic carbocycles. The number of carbonyl (C=O) groups excluding carboxylic acids is 1. The number of nitrogens with one attached hydrogen (secondary N) is 2. The minimum absolute atomic E-state index is 0.0712. The molecule has 0 saturated heterocycles. The Morgan fingerprint density at radius 3 is 2.96 bits per heavy atom. The molecule has 2 unspecified atom stereocenters. The van der Waals surface area contributed by atoms with Crippen LogP contribution in [0.5, 0.6) is 5.75 Å². The van der Waals surface area contributed by atoms with E-state index in [-0.39, 0.29) is 24.4 Å². The minimum atomic E-state index is -0.839. The molecule has 0 fully saturated rings. The number of carbonyl (C=O) groups is 1. The first kappa shape index (κ1) is 17.2. The number of aliphatic hydroxyl groups excluding tert-OH is 1. The summed E-state index contributed by atoms with van der Waals surface area (Å²) in [6.45, 7) is 0.0712. The van der Waals surface area contributed by atoms with Gasteiger partial charge in [0.2, 0.25) is 0 Å². The molecule has 0 aromatic heterocycles. The van der Waals surface area contributed by atoms with Crippen molar-refractivity contribution in [1.82, 2.24) is 10.6 Å². The molecule has 0 spiro atoms. The molecule has 132 valence electrons. The number of hydrogen-bond donors (Lipinski definition) is 3. The van der Waals surface area contributed by atoms with Crippen molar-refractivity contribution >= 4 is 6.03 Å². The molecule has 0 heterocycles. The van der Waals surface area contributed by atoms with Crippen LogP contribution in [0, 0.1) is 5.82 Å². The SMILES string of the molecule is COc1cccc(C(O)CNC(=O)NC2CCc3c(F)cccc32)c1. The van der Waals surface area contributed by atoms with Crippen LogP contribution in [0.2, 0.25) is 0 Å². The summed E-state index contributed by atoms with van der Waals surface area (Å²) in [6.07, 6.45) is 0.441. The van der Waals surface area contributed by atoms with Crippen LogP contribution in [0.1, 0.15) is 35.3 Å². The van der Waals surface area contributed by atoms with Gasteiger partial charge in [0.15, 0.2) is 0 Å². The fourth-order valence-electron chi connectivity index (χ4n) is 3.12. The lowest BCUT2D eigenvalue weighted by atomic mass is 10.1. The summed E-state index contributed by atoms with van der Waals surface area (Å²) in [5.74, 6) is 0.418. The number of ether oxygens (including phenoxy) is 1. The summed E-state index contributed by atoms with van der Waals surface area (Å²) in [5, 5.41) is 15.7. The van der Waals surface area contributed by atoms with Crippen molar-refractivity contribution in [1.29, 1.82) is 0 Å². The molecule has 2 amide bonds. The predicted molar refractivity (Wildman–Crippen MR) is 92.0 cm³/mol. The first-order valence-corrected chi connectivity index (χ1v) is 8.22. The average Bonchev–Trinajstić information content (AvgIpc) is 3.04. The first-order chi connectivity index (χ1) is 12.1. The van der Waals surface area contributed by atoms with Crippen LogP contribution >= 0.6 is 0 Å². The van der Waals surface area contributed by atoms with Gasteiger partial charge in [-0.05, 0) is 47.7 Å². The van der Waals surface area contributed by atoms with Crippen LogP contribution in [-0.2, 0) is 6.42 Å². The molecule has 1 aliphatic carbocycles. The normalized spacial score (nSPS) is 16.8. The third-order valence-electron chi connectivity index (χ3n) is 4.45. The molecule has 0 saturated carbocycles. The van der Waals surface area contributed by atoms with Gasteiger partial charge in [-0.15, -0.1) is 0 Å². The van der Waals surface area contributed by atoms with Crippen LogP contribution in [-0.4, -0.2) is 24.8 Å². The summed E-state index contributed by atoms with van der Waals surface area (Å²) in [7, 11) is 1.56. The fourth-order valence-corrected chi connectivity index (χ4v) is 3.12. The molecule has 2 aromatic rings.